The van der Waals surface area contributed by atoms with Crippen molar-refractivity contribution in [2.45, 2.75) is 31.3 Å². The SMILES string of the molecule is CNC(=O)c1c(-c2ccc(F)cc2)oc2cc(N(C)S(C)(=O)=O)c(-c3cncc(-c4cc5c(F)cccc5[nH]4)n3)cc12.CNC(=O)c1c(-c2ccc(F)cc2)oc2cc(N(C)S(C)(=O)=O)c(C3CCCC(c4cc5c(F)cccc5[nH]4)N3)cc12.[HH]. The highest BCUT2D eigenvalue weighted by Gasteiger charge is 2.32. The summed E-state index contributed by atoms with van der Waals surface area (Å²) in [6.45, 7) is 0. The van der Waals surface area contributed by atoms with Gasteiger partial charge in [-0.25, -0.2) is 39.4 Å². The maximum Gasteiger partial charge on any atom is 0.255 e. The smallest absolute Gasteiger partial charge is 0.255 e. The Labute approximate surface area is 480 Å². The van der Waals surface area contributed by atoms with Crippen LogP contribution in [0.15, 0.2) is 143 Å². The average Bonchev–Trinajstić information content (AvgIpc) is 2.95. The Balaban J connectivity index is 0.000000187. The van der Waals surface area contributed by atoms with E-state index < -0.39 is 43.5 Å². The van der Waals surface area contributed by atoms with Crippen LogP contribution >= 0.6 is 0 Å². The van der Waals surface area contributed by atoms with Crippen LogP contribution in [0.4, 0.5) is 28.9 Å². The molecule has 5 N–H and O–H groups in total. The Morgan fingerprint density at radius 2 is 1.11 bits per heavy atom. The lowest BCUT2D eigenvalue weighted by molar-refractivity contribution is 0.0956. The van der Waals surface area contributed by atoms with E-state index in [4.69, 9.17) is 13.8 Å². The molecule has 1 aliphatic heterocycles. The number of halogens is 4. The number of amides is 2. The number of H-pyrrole nitrogens is 2. The van der Waals surface area contributed by atoms with Gasteiger partial charge in [0.1, 0.15) is 51.6 Å². The van der Waals surface area contributed by atoms with E-state index in [0.29, 0.717) is 89.6 Å². The molecule has 6 aromatic carbocycles. The first-order chi connectivity index (χ1) is 40.1. The highest BCUT2D eigenvalue weighted by Crippen LogP contribution is 2.45. The number of aromatic nitrogens is 4. The fourth-order valence-electron chi connectivity index (χ4n) is 10.6. The predicted octanol–water partition coefficient (Wildman–Crippen LogP) is 12.2. The lowest BCUT2D eigenvalue weighted by Gasteiger charge is -2.33. The van der Waals surface area contributed by atoms with Crippen LogP contribution in [0.5, 0.6) is 0 Å². The molecule has 0 bridgehead atoms. The quantitative estimate of drug-likeness (QED) is 0.0723. The molecule has 2 amide bonds. The molecule has 23 heteroatoms. The molecule has 11 aromatic rings. The summed E-state index contributed by atoms with van der Waals surface area (Å²) < 4.78 is 121. The van der Waals surface area contributed by atoms with E-state index in [0.717, 1.165) is 35.4 Å². The summed E-state index contributed by atoms with van der Waals surface area (Å²) in [4.78, 5) is 41.8. The number of piperidine rings is 1. The molecular weight excluding hydrogens is 1130 g/mol. The molecule has 0 saturated carbocycles. The second kappa shape index (κ2) is 22.1. The van der Waals surface area contributed by atoms with Gasteiger partial charge in [-0.3, -0.25) is 23.2 Å². The van der Waals surface area contributed by atoms with Crippen LogP contribution in [0.25, 0.3) is 89.0 Å². The number of anilines is 2. The Kier molecular flexibility index (Phi) is 14.9. The molecule has 2 unspecified atom stereocenters. The van der Waals surface area contributed by atoms with Gasteiger partial charge in [-0.05, 0) is 122 Å². The first kappa shape index (κ1) is 56.5. The number of aromatic amines is 2. The highest BCUT2D eigenvalue weighted by molar-refractivity contribution is 7.92. The van der Waals surface area contributed by atoms with E-state index in [2.05, 4.69) is 30.9 Å². The van der Waals surface area contributed by atoms with E-state index in [1.807, 2.05) is 12.1 Å². The molecule has 1 aliphatic rings. The van der Waals surface area contributed by atoms with Crippen molar-refractivity contribution in [3.63, 3.8) is 0 Å². The zero-order valence-corrected chi connectivity index (χ0v) is 47.5. The molecular formula is C61H55F4N9O8S2. The van der Waals surface area contributed by atoms with Crippen LogP contribution in [0.3, 0.4) is 0 Å². The Hall–Kier alpha value is -9.32. The van der Waals surface area contributed by atoms with Crippen molar-refractivity contribution in [3.8, 4) is 45.3 Å². The highest BCUT2D eigenvalue weighted by atomic mass is 32.2. The number of hydrogen-bond donors (Lipinski definition) is 5. The largest absolute Gasteiger partial charge is 0.455 e. The van der Waals surface area contributed by atoms with E-state index >= 15 is 0 Å². The molecule has 6 heterocycles. The summed E-state index contributed by atoms with van der Waals surface area (Å²) in [5.74, 6) is -1.97. The number of nitrogens with zero attached hydrogens (tertiary/aromatic N) is 4. The fraction of sp³-hybridized carbons (Fsp3) is 0.180. The summed E-state index contributed by atoms with van der Waals surface area (Å²) in [7, 11) is -1.55. The minimum absolute atomic E-state index is 0. The van der Waals surface area contributed by atoms with Gasteiger partial charge in [0.2, 0.25) is 20.0 Å². The third-order valence-corrected chi connectivity index (χ3v) is 17.4. The number of rotatable bonds is 12. The Morgan fingerprint density at radius 3 is 1.64 bits per heavy atom. The van der Waals surface area contributed by atoms with E-state index in [-0.39, 0.29) is 59.1 Å². The normalized spacial score (nSPS) is 14.6. The van der Waals surface area contributed by atoms with Gasteiger partial charge in [-0.15, -0.1) is 0 Å². The van der Waals surface area contributed by atoms with Gasteiger partial charge in [0.05, 0.1) is 58.8 Å². The van der Waals surface area contributed by atoms with Crippen molar-refractivity contribution in [2.24, 2.45) is 0 Å². The maximum absolute atomic E-state index is 14.4. The number of carbonyl (C=O) groups excluding carboxylic acids is 2. The summed E-state index contributed by atoms with van der Waals surface area (Å²) in [6.07, 6.45) is 7.49. The molecule has 84 heavy (non-hydrogen) atoms. The van der Waals surface area contributed by atoms with Gasteiger partial charge in [0.25, 0.3) is 11.8 Å². The standard InChI is InChI=1S/C31H30F2N4O4S.C30H23F2N5O4S.H2/c1-34-31(38)29-21-14-20(24-8-5-9-25(35-24)26-15-19-22(33)6-4-7-23(19)36-26)27(37(2)42(3,39)40)16-28(21)41-30(29)17-10-12-18(32)13-11-17;1-33-30(38)28-20-11-19(24-14-34-15-25(36-24)23-12-18-21(32)5-4-6-22(18)35-23)26(37(2)42(3,39)40)13-27(20)41-29(28)16-7-9-17(31)10-8-16;/h4,6-7,10-16,24-25,35-36H,5,8-9H2,1-3H3,(H,34,38);4-15,35H,1-3H3,(H,33,38);1H. The molecule has 5 aromatic heterocycles. The lowest BCUT2D eigenvalue weighted by Crippen LogP contribution is -2.33. The van der Waals surface area contributed by atoms with Gasteiger partial charge in [-0.2, -0.15) is 0 Å². The van der Waals surface area contributed by atoms with Gasteiger partial charge >= 0.3 is 0 Å². The van der Waals surface area contributed by atoms with Crippen LogP contribution < -0.4 is 24.6 Å². The molecule has 0 radical (unpaired) electrons. The summed E-state index contributed by atoms with van der Waals surface area (Å²) in [6, 6.07) is 30.3. The first-order valence-electron chi connectivity index (χ1n) is 26.3. The van der Waals surface area contributed by atoms with Gasteiger partial charge in [0, 0.05) is 109 Å². The Morgan fingerprint density at radius 1 is 0.607 bits per heavy atom. The predicted molar refractivity (Wildman–Crippen MR) is 318 cm³/mol. The van der Waals surface area contributed by atoms with Gasteiger partial charge in [-0.1, -0.05) is 12.1 Å². The van der Waals surface area contributed by atoms with Crippen LogP contribution in [0.2, 0.25) is 0 Å². The molecule has 12 rings (SSSR count). The summed E-state index contributed by atoms with van der Waals surface area (Å²) >= 11 is 0. The van der Waals surface area contributed by atoms with Gasteiger partial charge in [0.15, 0.2) is 0 Å². The molecule has 1 saturated heterocycles. The lowest BCUT2D eigenvalue weighted by atomic mass is 9.90. The Bertz CT molecular complexity index is 4650. The second-order valence-electron chi connectivity index (χ2n) is 20.3. The summed E-state index contributed by atoms with van der Waals surface area (Å²) in [5, 5.41) is 10.7. The van der Waals surface area contributed by atoms with Crippen LogP contribution in [0, 0.1) is 23.3 Å². The van der Waals surface area contributed by atoms with Crippen molar-refractivity contribution < 1.29 is 54.2 Å². The van der Waals surface area contributed by atoms with E-state index in [9.17, 15) is 44.0 Å². The molecule has 432 valence electrons. The number of furan rings is 2. The summed E-state index contributed by atoms with van der Waals surface area (Å²) in [5.41, 5.74) is 6.96. The molecule has 17 nitrogen and oxygen atoms in total. The number of hydrogen-bond acceptors (Lipinski definition) is 11. The fourth-order valence-corrected chi connectivity index (χ4v) is 11.6. The zero-order chi connectivity index (χ0) is 59.5. The molecule has 0 aliphatic carbocycles. The van der Waals surface area contributed by atoms with Crippen molar-refractivity contribution in [2.75, 3.05) is 49.3 Å². The zero-order valence-electron chi connectivity index (χ0n) is 45.9. The van der Waals surface area contributed by atoms with Crippen molar-refractivity contribution >= 4 is 87.0 Å². The van der Waals surface area contributed by atoms with Crippen LogP contribution in [-0.4, -0.2) is 89.3 Å². The maximum atomic E-state index is 14.4. The number of sulfonamides is 2. The number of nitrogens with one attached hydrogen (secondary N) is 5. The molecule has 2 atom stereocenters. The van der Waals surface area contributed by atoms with E-state index in [1.165, 1.54) is 112 Å². The topological polar surface area (TPSA) is 229 Å². The minimum Gasteiger partial charge on any atom is -0.455 e. The number of benzene rings is 6. The van der Waals surface area contributed by atoms with Crippen molar-refractivity contribution in [1.82, 2.24) is 35.9 Å². The average molecular weight is 1180 g/mol. The molecule has 0 spiro atoms. The third kappa shape index (κ3) is 10.7. The number of carbonyl (C=O) groups is 2. The van der Waals surface area contributed by atoms with Crippen molar-refractivity contribution in [3.05, 3.63) is 179 Å². The number of fused-ring (bicyclic) bond motifs is 4. The second-order valence-corrected chi connectivity index (χ2v) is 24.3. The molecule has 1 fully saturated rings. The van der Waals surface area contributed by atoms with E-state index in [1.54, 1.807) is 42.5 Å². The first-order valence-corrected chi connectivity index (χ1v) is 30.0. The minimum atomic E-state index is -3.75. The van der Waals surface area contributed by atoms with Crippen LogP contribution in [0.1, 0.15) is 64.7 Å². The van der Waals surface area contributed by atoms with Crippen molar-refractivity contribution in [1.29, 1.82) is 0 Å². The third-order valence-electron chi connectivity index (χ3n) is 15.0. The van der Waals surface area contributed by atoms with Crippen LogP contribution in [-0.2, 0) is 20.0 Å². The monoisotopic (exact) mass is 1180 g/mol. The van der Waals surface area contributed by atoms with Gasteiger partial charge < -0.3 is 34.8 Å².